The molecule has 0 nitrogen and oxygen atoms in total. The van der Waals surface area contributed by atoms with Crippen LogP contribution in [0.2, 0.25) is 0 Å². The second kappa shape index (κ2) is 11.3. The zero-order chi connectivity index (χ0) is 21.1. The van der Waals surface area contributed by atoms with Gasteiger partial charge in [0.2, 0.25) is 0 Å². The molecule has 0 N–H and O–H groups in total. The maximum atomic E-state index is 4.55. The third-order valence-electron chi connectivity index (χ3n) is 6.32. The van der Waals surface area contributed by atoms with Crippen molar-refractivity contribution in [3.63, 3.8) is 0 Å². The molecule has 0 fully saturated rings. The van der Waals surface area contributed by atoms with E-state index in [9.17, 15) is 0 Å². The molecule has 0 heterocycles. The molecule has 0 aliphatic heterocycles. The van der Waals surface area contributed by atoms with Crippen LogP contribution in [0.4, 0.5) is 0 Å². The van der Waals surface area contributed by atoms with Crippen LogP contribution in [0.5, 0.6) is 0 Å². The molecule has 3 aromatic carbocycles. The van der Waals surface area contributed by atoms with Gasteiger partial charge in [-0.2, -0.15) is 0 Å². The van der Waals surface area contributed by atoms with Gasteiger partial charge in [0.05, 0.1) is 0 Å². The number of benzene rings is 3. The van der Waals surface area contributed by atoms with Crippen molar-refractivity contribution in [1.82, 2.24) is 0 Å². The molecule has 0 bridgehead atoms. The zero-order valence-electron chi connectivity index (χ0n) is 18.3. The topological polar surface area (TPSA) is 0 Å². The van der Waals surface area contributed by atoms with Crippen molar-refractivity contribution in [3.8, 4) is 0 Å². The monoisotopic (exact) mass is 482 g/mol. The summed E-state index contributed by atoms with van der Waals surface area (Å²) >= 11 is 4.55. The molecule has 0 radical (unpaired) electrons. The van der Waals surface area contributed by atoms with Crippen LogP contribution in [0.3, 0.4) is 0 Å². The van der Waals surface area contributed by atoms with Gasteiger partial charge in [-0.15, -0.1) is 0 Å². The maximum absolute atomic E-state index is 4.55. The molecule has 0 unspecified atom stereocenters. The van der Waals surface area contributed by atoms with Crippen LogP contribution in [0.15, 0.2) is 91.0 Å². The van der Waals surface area contributed by atoms with Crippen LogP contribution in [0.25, 0.3) is 0 Å². The van der Waals surface area contributed by atoms with Crippen LogP contribution in [0.1, 0.15) is 58.3 Å². The predicted molar refractivity (Wildman–Crippen MR) is 142 cm³/mol. The van der Waals surface area contributed by atoms with E-state index in [2.05, 4.69) is 113 Å². The Morgan fingerprint density at radius 3 is 1.20 bits per heavy atom. The molecule has 3 aromatic rings. The van der Waals surface area contributed by atoms with Crippen molar-refractivity contribution in [2.45, 2.75) is 58.3 Å². The second-order valence-electron chi connectivity index (χ2n) is 8.39. The van der Waals surface area contributed by atoms with Gasteiger partial charge in [0.15, 0.2) is 0 Å². The summed E-state index contributed by atoms with van der Waals surface area (Å²) in [5, 5.41) is 1.60. The van der Waals surface area contributed by atoms with Crippen molar-refractivity contribution < 1.29 is 0 Å². The Morgan fingerprint density at radius 2 is 0.833 bits per heavy atom. The van der Waals surface area contributed by atoms with E-state index in [0.717, 1.165) is 0 Å². The number of unbranched alkanes of at least 4 members (excludes halogenated alkanes) is 7. The predicted octanol–water partition coefficient (Wildman–Crippen LogP) is 7.97. The average Bonchev–Trinajstić information content (AvgIpc) is 2.82. The summed E-state index contributed by atoms with van der Waals surface area (Å²) in [6.45, 7) is 2.29. The Hall–Kier alpha value is -1.43. The summed E-state index contributed by atoms with van der Waals surface area (Å²) in [7, 11) is 0. The number of rotatable bonds is 12. The Morgan fingerprint density at radius 1 is 0.500 bits per heavy atom. The summed E-state index contributed by atoms with van der Waals surface area (Å²) in [6.07, 6.45) is 11.9. The molecule has 0 amide bonds. The quantitative estimate of drug-likeness (QED) is 0.181. The van der Waals surface area contributed by atoms with Gasteiger partial charge in [-0.05, 0) is 0 Å². The van der Waals surface area contributed by atoms with E-state index in [4.69, 9.17) is 0 Å². The van der Waals surface area contributed by atoms with E-state index in [1.165, 1.54) is 73.4 Å². The van der Waals surface area contributed by atoms with Crippen molar-refractivity contribution in [1.29, 1.82) is 0 Å². The van der Waals surface area contributed by atoms with Gasteiger partial charge in [-0.1, -0.05) is 0 Å². The summed E-state index contributed by atoms with van der Waals surface area (Å²) < 4.78 is 0. The minimum absolute atomic E-state index is 1.17. The van der Waals surface area contributed by atoms with Crippen molar-refractivity contribution in [3.05, 3.63) is 91.0 Å². The van der Waals surface area contributed by atoms with E-state index in [0.29, 0.717) is 0 Å². The first kappa shape index (κ1) is 23.2. The molecular weight excluding hydrogens is 447 g/mol. The summed E-state index contributed by atoms with van der Waals surface area (Å²) in [6, 6.07) is 33.5. The molecule has 30 heavy (non-hydrogen) atoms. The number of hydrogen-bond acceptors (Lipinski definition) is 0. The van der Waals surface area contributed by atoms with Gasteiger partial charge in [0, 0.05) is 0 Å². The summed E-state index contributed by atoms with van der Waals surface area (Å²) in [5.74, 6) is 0. The number of halogens is 1. The van der Waals surface area contributed by atoms with E-state index in [1.54, 1.807) is 0 Å². The van der Waals surface area contributed by atoms with E-state index in [-0.39, 0.29) is 0 Å². The summed E-state index contributed by atoms with van der Waals surface area (Å²) in [4.78, 5) is 0. The molecular formula is C28H36BrP. The second-order valence-corrected chi connectivity index (χ2v) is 17.4. The molecule has 0 aliphatic carbocycles. The average molecular weight is 483 g/mol. The van der Waals surface area contributed by atoms with E-state index in [1.807, 2.05) is 0 Å². The van der Waals surface area contributed by atoms with Crippen molar-refractivity contribution in [2.75, 3.05) is 6.16 Å². The van der Waals surface area contributed by atoms with Gasteiger partial charge >= 0.3 is 192 Å². The zero-order valence-corrected chi connectivity index (χ0v) is 20.8. The molecule has 0 saturated carbocycles. The van der Waals surface area contributed by atoms with Crippen LogP contribution < -0.4 is 15.9 Å². The fourth-order valence-electron chi connectivity index (χ4n) is 4.59. The molecule has 160 valence electrons. The van der Waals surface area contributed by atoms with Gasteiger partial charge in [-0.3, -0.25) is 0 Å². The van der Waals surface area contributed by atoms with Crippen LogP contribution in [0, 0.1) is 0 Å². The summed E-state index contributed by atoms with van der Waals surface area (Å²) in [5.41, 5.74) is 0. The normalized spacial score (nSPS) is 12.9. The molecule has 0 saturated heterocycles. The fraction of sp³-hybridized carbons (Fsp3) is 0.357. The van der Waals surface area contributed by atoms with E-state index < -0.39 is 5.31 Å². The molecule has 0 spiro atoms. The van der Waals surface area contributed by atoms with Crippen LogP contribution in [-0.4, -0.2) is 6.16 Å². The van der Waals surface area contributed by atoms with Gasteiger partial charge in [0.25, 0.3) is 0 Å². The SMILES string of the molecule is CCCCCCCCCCP(Br)(c1ccccc1)(c1ccccc1)c1ccccc1. The number of hydrogen-bond donors (Lipinski definition) is 0. The first-order valence-electron chi connectivity index (χ1n) is 11.6. The van der Waals surface area contributed by atoms with Crippen LogP contribution in [-0.2, 0) is 0 Å². The Labute approximate surface area is 191 Å². The van der Waals surface area contributed by atoms with Gasteiger partial charge < -0.3 is 0 Å². The Balaban J connectivity index is 1.92. The minimum atomic E-state index is -2.70. The standard InChI is InChI=1S/C28H36BrP/c1-2-3-4-5-6-7-8-18-25-30(29,26-19-12-9-13-20-26,27-21-14-10-15-22-27)28-23-16-11-17-24-28/h9-17,19-24H,2-8,18,25H2,1H3. The first-order chi connectivity index (χ1) is 14.7. The Kier molecular flexibility index (Phi) is 8.72. The molecule has 0 atom stereocenters. The third kappa shape index (κ3) is 5.06. The van der Waals surface area contributed by atoms with Gasteiger partial charge in [0.1, 0.15) is 0 Å². The molecule has 0 aromatic heterocycles. The third-order valence-corrected chi connectivity index (χ3v) is 16.3. The van der Waals surface area contributed by atoms with Crippen molar-refractivity contribution >= 4 is 36.7 Å². The Bertz CT molecular complexity index is 761. The first-order valence-corrected chi connectivity index (χ1v) is 16.0. The van der Waals surface area contributed by atoms with Gasteiger partial charge in [-0.25, -0.2) is 0 Å². The van der Waals surface area contributed by atoms with E-state index >= 15 is 0 Å². The fourth-order valence-corrected chi connectivity index (χ4v) is 12.3. The van der Waals surface area contributed by atoms with Crippen LogP contribution >= 0.6 is 20.8 Å². The van der Waals surface area contributed by atoms with Crippen molar-refractivity contribution in [2.24, 2.45) is 0 Å². The molecule has 3 rings (SSSR count). The molecule has 2 heteroatoms. The molecule has 0 aliphatic rings.